The van der Waals surface area contributed by atoms with Crippen molar-refractivity contribution < 1.29 is 14.7 Å². The van der Waals surface area contributed by atoms with E-state index in [1.54, 1.807) is 12.4 Å². The SMILES string of the molecule is CC(NC(=O)[C@@H]1CC=CC[C@@H]1C(=O)O)c1cn[nH]c1. The minimum absolute atomic E-state index is 0.188. The van der Waals surface area contributed by atoms with Crippen molar-refractivity contribution in [2.75, 3.05) is 0 Å². The molecule has 0 aliphatic heterocycles. The summed E-state index contributed by atoms with van der Waals surface area (Å²) >= 11 is 0. The third kappa shape index (κ3) is 3.01. The molecule has 0 bridgehead atoms. The molecule has 1 heterocycles. The molecule has 1 amide bonds. The van der Waals surface area contributed by atoms with Crippen molar-refractivity contribution in [1.29, 1.82) is 0 Å². The lowest BCUT2D eigenvalue weighted by Gasteiger charge is -2.25. The molecule has 0 fully saturated rings. The monoisotopic (exact) mass is 263 g/mol. The summed E-state index contributed by atoms with van der Waals surface area (Å²) in [6.45, 7) is 1.84. The van der Waals surface area contributed by atoms with Gasteiger partial charge < -0.3 is 10.4 Å². The Labute approximate surface area is 110 Å². The van der Waals surface area contributed by atoms with Crippen molar-refractivity contribution >= 4 is 11.9 Å². The molecular weight excluding hydrogens is 246 g/mol. The van der Waals surface area contributed by atoms with Gasteiger partial charge in [-0.2, -0.15) is 5.10 Å². The predicted octanol–water partition coefficient (Wildman–Crippen LogP) is 1.25. The van der Waals surface area contributed by atoms with E-state index in [-0.39, 0.29) is 11.9 Å². The average Bonchev–Trinajstić information content (AvgIpc) is 2.92. The van der Waals surface area contributed by atoms with Gasteiger partial charge in [0.05, 0.1) is 24.1 Å². The molecule has 1 aliphatic rings. The van der Waals surface area contributed by atoms with E-state index in [0.717, 1.165) is 5.56 Å². The zero-order chi connectivity index (χ0) is 13.8. The molecule has 0 spiro atoms. The number of carbonyl (C=O) groups is 2. The topological polar surface area (TPSA) is 95.1 Å². The first kappa shape index (κ1) is 13.3. The van der Waals surface area contributed by atoms with Gasteiger partial charge in [-0.05, 0) is 19.8 Å². The van der Waals surface area contributed by atoms with E-state index >= 15 is 0 Å². The summed E-state index contributed by atoms with van der Waals surface area (Å²) in [5, 5.41) is 18.5. The van der Waals surface area contributed by atoms with Crippen LogP contribution in [0.5, 0.6) is 0 Å². The summed E-state index contributed by atoms with van der Waals surface area (Å²) in [5.41, 5.74) is 0.867. The van der Waals surface area contributed by atoms with Crippen molar-refractivity contribution in [1.82, 2.24) is 15.5 Å². The van der Waals surface area contributed by atoms with E-state index in [2.05, 4.69) is 15.5 Å². The van der Waals surface area contributed by atoms with E-state index in [1.807, 2.05) is 19.1 Å². The van der Waals surface area contributed by atoms with Gasteiger partial charge in [-0.25, -0.2) is 0 Å². The van der Waals surface area contributed by atoms with E-state index in [4.69, 9.17) is 5.11 Å². The second-order valence-corrected chi connectivity index (χ2v) is 4.76. The molecular formula is C13H17N3O3. The molecule has 0 aromatic carbocycles. The van der Waals surface area contributed by atoms with Crippen LogP contribution in [0.4, 0.5) is 0 Å². The number of rotatable bonds is 4. The molecule has 3 N–H and O–H groups in total. The Balaban J connectivity index is 2.02. The molecule has 2 rings (SSSR count). The Morgan fingerprint density at radius 1 is 1.42 bits per heavy atom. The highest BCUT2D eigenvalue weighted by Gasteiger charge is 2.34. The minimum atomic E-state index is -0.916. The van der Waals surface area contributed by atoms with Crippen LogP contribution in [0.25, 0.3) is 0 Å². The van der Waals surface area contributed by atoms with Crippen LogP contribution in [-0.2, 0) is 9.59 Å². The third-order valence-corrected chi connectivity index (χ3v) is 3.46. The van der Waals surface area contributed by atoms with Crippen LogP contribution in [0.1, 0.15) is 31.4 Å². The number of hydrogen-bond donors (Lipinski definition) is 3. The van der Waals surface area contributed by atoms with Crippen LogP contribution >= 0.6 is 0 Å². The van der Waals surface area contributed by atoms with Crippen molar-refractivity contribution in [3.05, 3.63) is 30.1 Å². The number of carboxylic acids is 1. The number of H-pyrrole nitrogens is 1. The van der Waals surface area contributed by atoms with Gasteiger partial charge in [-0.3, -0.25) is 14.7 Å². The number of amides is 1. The van der Waals surface area contributed by atoms with E-state index in [0.29, 0.717) is 12.8 Å². The molecule has 0 radical (unpaired) electrons. The molecule has 6 heteroatoms. The van der Waals surface area contributed by atoms with Crippen LogP contribution in [0.15, 0.2) is 24.5 Å². The van der Waals surface area contributed by atoms with Gasteiger partial charge in [0.1, 0.15) is 0 Å². The fourth-order valence-corrected chi connectivity index (χ4v) is 2.28. The van der Waals surface area contributed by atoms with Crippen molar-refractivity contribution in [3.63, 3.8) is 0 Å². The highest BCUT2D eigenvalue weighted by molar-refractivity contribution is 5.85. The van der Waals surface area contributed by atoms with Gasteiger partial charge >= 0.3 is 5.97 Å². The molecule has 102 valence electrons. The summed E-state index contributed by atoms with van der Waals surface area (Å²) in [7, 11) is 0. The lowest BCUT2D eigenvalue weighted by Crippen LogP contribution is -2.39. The fourth-order valence-electron chi connectivity index (χ4n) is 2.28. The van der Waals surface area contributed by atoms with Crippen LogP contribution in [0.2, 0.25) is 0 Å². The van der Waals surface area contributed by atoms with E-state index < -0.39 is 17.8 Å². The van der Waals surface area contributed by atoms with Crippen LogP contribution < -0.4 is 5.32 Å². The zero-order valence-corrected chi connectivity index (χ0v) is 10.7. The first-order valence-corrected chi connectivity index (χ1v) is 6.26. The molecule has 0 saturated heterocycles. The number of aromatic nitrogens is 2. The second-order valence-electron chi connectivity index (χ2n) is 4.76. The molecule has 1 unspecified atom stereocenters. The smallest absolute Gasteiger partial charge is 0.307 e. The number of carboxylic acid groups (broad SMARTS) is 1. The normalized spacial score (nSPS) is 23.8. The number of nitrogens with one attached hydrogen (secondary N) is 2. The minimum Gasteiger partial charge on any atom is -0.481 e. The maximum atomic E-state index is 12.2. The second kappa shape index (κ2) is 5.69. The Morgan fingerprint density at radius 3 is 2.68 bits per heavy atom. The Bertz CT molecular complexity index is 481. The van der Waals surface area contributed by atoms with Crippen LogP contribution in [0, 0.1) is 11.8 Å². The summed E-state index contributed by atoms with van der Waals surface area (Å²) < 4.78 is 0. The van der Waals surface area contributed by atoms with Gasteiger partial charge in [0.15, 0.2) is 0 Å². The number of hydrogen-bond acceptors (Lipinski definition) is 3. The standard InChI is InChI=1S/C13H17N3O3/c1-8(9-6-14-15-7-9)16-12(17)10-4-2-3-5-11(10)13(18)19/h2-3,6-8,10-11H,4-5H2,1H3,(H,14,15)(H,16,17)(H,18,19)/t8?,10-,11+/m1/s1. The van der Waals surface area contributed by atoms with Crippen molar-refractivity contribution in [3.8, 4) is 0 Å². The van der Waals surface area contributed by atoms with Gasteiger partial charge in [-0.15, -0.1) is 0 Å². The lowest BCUT2D eigenvalue weighted by molar-refractivity contribution is -0.147. The third-order valence-electron chi connectivity index (χ3n) is 3.46. The highest BCUT2D eigenvalue weighted by atomic mass is 16.4. The van der Waals surface area contributed by atoms with Crippen molar-refractivity contribution in [2.45, 2.75) is 25.8 Å². The molecule has 1 aromatic heterocycles. The Morgan fingerprint density at radius 2 is 2.11 bits per heavy atom. The molecule has 0 saturated carbocycles. The molecule has 3 atom stereocenters. The number of nitrogens with zero attached hydrogens (tertiary/aromatic N) is 1. The van der Waals surface area contributed by atoms with Gasteiger partial charge in [0.2, 0.25) is 5.91 Å². The molecule has 19 heavy (non-hydrogen) atoms. The Hall–Kier alpha value is -2.11. The molecule has 1 aliphatic carbocycles. The quantitative estimate of drug-likeness (QED) is 0.712. The molecule has 6 nitrogen and oxygen atoms in total. The number of carbonyl (C=O) groups excluding carboxylic acids is 1. The Kier molecular flexibility index (Phi) is 3.99. The largest absolute Gasteiger partial charge is 0.481 e. The van der Waals surface area contributed by atoms with E-state index in [9.17, 15) is 9.59 Å². The van der Waals surface area contributed by atoms with Crippen molar-refractivity contribution in [2.24, 2.45) is 11.8 Å². The average molecular weight is 263 g/mol. The lowest BCUT2D eigenvalue weighted by atomic mass is 9.82. The van der Waals surface area contributed by atoms with Crippen LogP contribution in [0.3, 0.4) is 0 Å². The maximum Gasteiger partial charge on any atom is 0.307 e. The summed E-state index contributed by atoms with van der Waals surface area (Å²) in [6.07, 6.45) is 7.92. The highest BCUT2D eigenvalue weighted by Crippen LogP contribution is 2.26. The van der Waals surface area contributed by atoms with E-state index in [1.165, 1.54) is 0 Å². The summed E-state index contributed by atoms with van der Waals surface area (Å²) in [4.78, 5) is 23.3. The first-order chi connectivity index (χ1) is 9.09. The van der Waals surface area contributed by atoms with Gasteiger partial charge in [0, 0.05) is 11.8 Å². The van der Waals surface area contributed by atoms with Gasteiger partial charge in [-0.1, -0.05) is 12.2 Å². The zero-order valence-electron chi connectivity index (χ0n) is 10.7. The summed E-state index contributed by atoms with van der Waals surface area (Å²) in [6, 6.07) is -0.188. The fraction of sp³-hybridized carbons (Fsp3) is 0.462. The van der Waals surface area contributed by atoms with Gasteiger partial charge in [0.25, 0.3) is 0 Å². The number of aromatic amines is 1. The number of allylic oxidation sites excluding steroid dienone is 2. The first-order valence-electron chi connectivity index (χ1n) is 6.26. The maximum absolute atomic E-state index is 12.2. The summed E-state index contributed by atoms with van der Waals surface area (Å²) in [5.74, 6) is -2.27. The number of aliphatic carboxylic acids is 1. The predicted molar refractivity (Wildman–Crippen MR) is 68.1 cm³/mol. The molecule has 1 aromatic rings. The van der Waals surface area contributed by atoms with Crippen LogP contribution in [-0.4, -0.2) is 27.2 Å².